The molecule has 2 heterocycles. The van der Waals surface area contributed by atoms with E-state index in [4.69, 9.17) is 4.74 Å². The van der Waals surface area contributed by atoms with Crippen LogP contribution in [0.25, 0.3) is 5.78 Å². The fraction of sp³-hybridized carbons (Fsp3) is 0.241. The van der Waals surface area contributed by atoms with Crippen molar-refractivity contribution in [2.75, 3.05) is 6.61 Å². The van der Waals surface area contributed by atoms with E-state index < -0.39 is 41.4 Å². The van der Waals surface area contributed by atoms with Gasteiger partial charge in [0.15, 0.2) is 0 Å². The van der Waals surface area contributed by atoms with Crippen LogP contribution in [0.3, 0.4) is 0 Å². The molecule has 4 aromatic rings. The number of hydrogen-bond acceptors (Lipinski definition) is 7. The lowest BCUT2D eigenvalue weighted by atomic mass is 9.98. The molecule has 2 aromatic carbocycles. The highest BCUT2D eigenvalue weighted by Gasteiger charge is 2.34. The number of fused-ring (bicyclic) bond motifs is 2. The molecule has 0 saturated heterocycles. The minimum atomic E-state index is -4.90. The molecule has 0 aliphatic heterocycles. The SMILES string of the molecule is C=CCOC(=O)c1ccc2c(c1C)CC[C@@H]2NC(=O)c1cc(C(=O)NCc2ccc(F)c(C(F)(F)F)c2)nc2ncnn12. The van der Waals surface area contributed by atoms with Gasteiger partial charge in [-0.3, -0.25) is 9.59 Å². The second-order valence-electron chi connectivity index (χ2n) is 9.75. The summed E-state index contributed by atoms with van der Waals surface area (Å²) >= 11 is 0. The predicted molar refractivity (Wildman–Crippen MR) is 144 cm³/mol. The third kappa shape index (κ3) is 5.94. The number of rotatable bonds is 8. The monoisotopic (exact) mass is 596 g/mol. The van der Waals surface area contributed by atoms with Gasteiger partial charge in [-0.15, -0.1) is 0 Å². The van der Waals surface area contributed by atoms with Crippen LogP contribution in [-0.4, -0.2) is 44.0 Å². The first-order valence-electron chi connectivity index (χ1n) is 13.0. The maximum atomic E-state index is 13.6. The molecule has 2 aromatic heterocycles. The van der Waals surface area contributed by atoms with Gasteiger partial charge in [0.05, 0.1) is 17.2 Å². The van der Waals surface area contributed by atoms with Crippen LogP contribution in [0.4, 0.5) is 17.6 Å². The van der Waals surface area contributed by atoms with Crippen LogP contribution in [0.5, 0.6) is 0 Å². The number of halogens is 4. The van der Waals surface area contributed by atoms with E-state index in [1.807, 2.05) is 6.92 Å². The smallest absolute Gasteiger partial charge is 0.419 e. The molecule has 0 unspecified atom stereocenters. The van der Waals surface area contributed by atoms with E-state index in [1.54, 1.807) is 12.1 Å². The van der Waals surface area contributed by atoms with Gasteiger partial charge in [-0.2, -0.15) is 27.8 Å². The number of carbonyl (C=O) groups is 3. The van der Waals surface area contributed by atoms with Crippen LogP contribution in [-0.2, 0) is 23.9 Å². The Bertz CT molecular complexity index is 1770. The van der Waals surface area contributed by atoms with Gasteiger partial charge in [-0.25, -0.2) is 14.2 Å². The molecule has 0 bridgehead atoms. The Morgan fingerprint density at radius 1 is 1.16 bits per heavy atom. The van der Waals surface area contributed by atoms with Gasteiger partial charge in [-0.05, 0) is 60.2 Å². The molecule has 2 N–H and O–H groups in total. The lowest BCUT2D eigenvalue weighted by Gasteiger charge is -2.16. The average molecular weight is 597 g/mol. The van der Waals surface area contributed by atoms with E-state index in [0.29, 0.717) is 30.5 Å². The molecule has 43 heavy (non-hydrogen) atoms. The topological polar surface area (TPSA) is 128 Å². The number of ether oxygens (including phenoxy) is 1. The van der Waals surface area contributed by atoms with Crippen molar-refractivity contribution in [1.29, 1.82) is 0 Å². The molecule has 1 atom stereocenters. The van der Waals surface area contributed by atoms with Gasteiger partial charge in [0.25, 0.3) is 17.6 Å². The number of carbonyl (C=O) groups excluding carboxylic acids is 3. The van der Waals surface area contributed by atoms with Gasteiger partial charge < -0.3 is 15.4 Å². The fourth-order valence-electron chi connectivity index (χ4n) is 4.96. The summed E-state index contributed by atoms with van der Waals surface area (Å²) in [7, 11) is 0. The molecule has 222 valence electrons. The van der Waals surface area contributed by atoms with Crippen molar-refractivity contribution >= 4 is 23.6 Å². The van der Waals surface area contributed by atoms with Crippen molar-refractivity contribution in [3.05, 3.63) is 106 Å². The normalized spacial score (nSPS) is 14.3. The van der Waals surface area contributed by atoms with E-state index in [-0.39, 0.29) is 35.9 Å². The summed E-state index contributed by atoms with van der Waals surface area (Å²) in [5.41, 5.74) is 1.23. The Morgan fingerprint density at radius 2 is 1.95 bits per heavy atom. The van der Waals surface area contributed by atoms with Crippen molar-refractivity contribution in [2.24, 2.45) is 0 Å². The third-order valence-corrected chi connectivity index (χ3v) is 7.06. The minimum absolute atomic E-state index is 0.0101. The van der Waals surface area contributed by atoms with Crippen LogP contribution >= 0.6 is 0 Å². The Morgan fingerprint density at radius 3 is 2.70 bits per heavy atom. The van der Waals surface area contributed by atoms with Crippen LogP contribution < -0.4 is 10.6 Å². The Balaban J connectivity index is 1.34. The van der Waals surface area contributed by atoms with Crippen LogP contribution in [0, 0.1) is 12.7 Å². The fourth-order valence-corrected chi connectivity index (χ4v) is 4.96. The first-order valence-corrected chi connectivity index (χ1v) is 13.0. The van der Waals surface area contributed by atoms with Gasteiger partial charge in [-0.1, -0.05) is 24.8 Å². The number of hydrogen-bond donors (Lipinski definition) is 2. The summed E-state index contributed by atoms with van der Waals surface area (Å²) in [6.07, 6.45) is -1.10. The molecule has 10 nitrogen and oxygen atoms in total. The largest absolute Gasteiger partial charge is 0.458 e. The van der Waals surface area contributed by atoms with Gasteiger partial charge in [0.2, 0.25) is 0 Å². The van der Waals surface area contributed by atoms with E-state index in [2.05, 4.69) is 32.3 Å². The number of amides is 2. The van der Waals surface area contributed by atoms with Gasteiger partial charge >= 0.3 is 12.1 Å². The van der Waals surface area contributed by atoms with Crippen LogP contribution in [0.15, 0.2) is 55.4 Å². The van der Waals surface area contributed by atoms with E-state index >= 15 is 0 Å². The van der Waals surface area contributed by atoms with Crippen molar-refractivity contribution in [1.82, 2.24) is 30.2 Å². The highest BCUT2D eigenvalue weighted by atomic mass is 19.4. The molecule has 14 heteroatoms. The molecule has 5 rings (SSSR count). The second-order valence-corrected chi connectivity index (χ2v) is 9.75. The molecule has 0 saturated carbocycles. The highest BCUT2D eigenvalue weighted by Crippen LogP contribution is 2.35. The molecule has 0 fully saturated rings. The van der Waals surface area contributed by atoms with Crippen molar-refractivity contribution < 1.29 is 36.7 Å². The number of benzene rings is 2. The summed E-state index contributed by atoms with van der Waals surface area (Å²) in [5, 5.41) is 9.38. The molecule has 2 amide bonds. The maximum Gasteiger partial charge on any atom is 0.419 e. The lowest BCUT2D eigenvalue weighted by molar-refractivity contribution is -0.140. The summed E-state index contributed by atoms with van der Waals surface area (Å²) in [6, 6.07) is 6.60. The lowest BCUT2D eigenvalue weighted by Crippen LogP contribution is -2.30. The van der Waals surface area contributed by atoms with E-state index in [1.165, 1.54) is 12.1 Å². The molecular formula is C29H24F4N6O4. The molecule has 1 aliphatic rings. The van der Waals surface area contributed by atoms with Crippen LogP contribution in [0.2, 0.25) is 0 Å². The van der Waals surface area contributed by atoms with E-state index in [9.17, 15) is 31.9 Å². The zero-order chi connectivity index (χ0) is 30.9. The maximum absolute atomic E-state index is 13.6. The number of nitrogens with zero attached hydrogens (tertiary/aromatic N) is 4. The van der Waals surface area contributed by atoms with Crippen molar-refractivity contribution in [3.63, 3.8) is 0 Å². The Labute approximate surface area is 241 Å². The Hall–Kier alpha value is -5.14. The zero-order valence-corrected chi connectivity index (χ0v) is 22.7. The summed E-state index contributed by atoms with van der Waals surface area (Å²) in [5.74, 6) is -3.32. The standard InChI is InChI=1S/C29H24F4N6O4/c1-3-10-43-27(42)18-5-6-19-17(15(18)2)7-9-22(19)37-26(41)24-12-23(38-28-35-14-36-39(24)28)25(40)34-13-16-4-8-21(30)20(11-16)29(31,32)33/h3-6,8,11-12,14,22H,1,7,9-10,13H2,2H3,(H,34,40)(H,37,41)/t22-/m0/s1. The quantitative estimate of drug-likeness (QED) is 0.177. The number of alkyl halides is 3. The average Bonchev–Trinajstić information content (AvgIpc) is 3.62. The predicted octanol–water partition coefficient (Wildman–Crippen LogP) is 4.28. The first kappa shape index (κ1) is 29.4. The van der Waals surface area contributed by atoms with E-state index in [0.717, 1.165) is 33.6 Å². The number of nitrogens with one attached hydrogen (secondary N) is 2. The molecule has 1 aliphatic carbocycles. The first-order chi connectivity index (χ1) is 20.5. The summed E-state index contributed by atoms with van der Waals surface area (Å²) in [6.45, 7) is 5.08. The van der Waals surface area contributed by atoms with Gasteiger partial charge in [0.1, 0.15) is 30.1 Å². The second kappa shape index (κ2) is 11.6. The van der Waals surface area contributed by atoms with Crippen molar-refractivity contribution in [3.8, 4) is 0 Å². The molecule has 0 radical (unpaired) electrons. The minimum Gasteiger partial charge on any atom is -0.458 e. The van der Waals surface area contributed by atoms with Crippen molar-refractivity contribution in [2.45, 2.75) is 38.5 Å². The number of esters is 1. The zero-order valence-electron chi connectivity index (χ0n) is 22.7. The summed E-state index contributed by atoms with van der Waals surface area (Å²) in [4.78, 5) is 46.8. The summed E-state index contributed by atoms with van der Waals surface area (Å²) < 4.78 is 59.1. The Kier molecular flexibility index (Phi) is 7.93. The van der Waals surface area contributed by atoms with Crippen LogP contribution in [0.1, 0.15) is 71.6 Å². The molecular weight excluding hydrogens is 572 g/mol. The van der Waals surface area contributed by atoms with Gasteiger partial charge in [0, 0.05) is 12.6 Å². The highest BCUT2D eigenvalue weighted by molar-refractivity contribution is 5.98. The number of aromatic nitrogens is 4. The molecule has 0 spiro atoms. The third-order valence-electron chi connectivity index (χ3n) is 7.06.